The van der Waals surface area contributed by atoms with E-state index in [1.54, 1.807) is 22.8 Å². The smallest absolute Gasteiger partial charge is 0.243 e. The maximum Gasteiger partial charge on any atom is 0.243 e. The predicted molar refractivity (Wildman–Crippen MR) is 61.7 cm³/mol. The molecule has 0 aliphatic carbocycles. The second kappa shape index (κ2) is 4.02. The highest BCUT2D eigenvalue weighted by Gasteiger charge is 2.04. The SMILES string of the molecule is Clc1ccc2nc(NCc3ncn[nH]3)nn2c1. The Morgan fingerprint density at radius 3 is 3.18 bits per heavy atom. The molecule has 86 valence electrons. The standard InChI is InChI=1S/C9H8ClN7/c10-6-1-2-8-14-9(16-17(8)4-6)11-3-7-12-5-13-15-7/h1-2,4-5H,3H2,(H,11,16)(H,12,13,15). The molecule has 0 atom stereocenters. The van der Waals surface area contributed by atoms with Gasteiger partial charge in [-0.1, -0.05) is 11.6 Å². The first-order valence-corrected chi connectivity index (χ1v) is 5.29. The average molecular weight is 250 g/mol. The molecule has 0 saturated heterocycles. The van der Waals surface area contributed by atoms with Crippen molar-refractivity contribution in [1.82, 2.24) is 29.8 Å². The molecular formula is C9H8ClN7. The van der Waals surface area contributed by atoms with Crippen molar-refractivity contribution in [3.63, 3.8) is 0 Å². The first-order chi connectivity index (χ1) is 8.31. The number of hydrogen-bond acceptors (Lipinski definition) is 5. The number of pyridine rings is 1. The van der Waals surface area contributed by atoms with Gasteiger partial charge in [0.05, 0.1) is 11.6 Å². The molecule has 0 aliphatic rings. The molecule has 0 unspecified atom stereocenters. The number of rotatable bonds is 3. The molecule has 0 amide bonds. The van der Waals surface area contributed by atoms with Crippen LogP contribution in [0.2, 0.25) is 5.02 Å². The van der Waals surface area contributed by atoms with E-state index in [-0.39, 0.29) is 0 Å². The molecule has 0 bridgehead atoms. The van der Waals surface area contributed by atoms with Gasteiger partial charge in [-0.05, 0) is 12.1 Å². The van der Waals surface area contributed by atoms with Gasteiger partial charge in [0.15, 0.2) is 5.65 Å². The van der Waals surface area contributed by atoms with Crippen LogP contribution >= 0.6 is 11.6 Å². The number of aromatic nitrogens is 6. The van der Waals surface area contributed by atoms with Crippen molar-refractivity contribution in [3.05, 3.63) is 35.5 Å². The molecule has 0 radical (unpaired) electrons. The molecule has 0 fully saturated rings. The Balaban J connectivity index is 1.81. The number of H-pyrrole nitrogens is 1. The Morgan fingerprint density at radius 2 is 2.35 bits per heavy atom. The van der Waals surface area contributed by atoms with E-state index in [0.717, 1.165) is 11.5 Å². The average Bonchev–Trinajstić information content (AvgIpc) is 2.94. The third kappa shape index (κ3) is 2.04. The van der Waals surface area contributed by atoms with Crippen molar-refractivity contribution in [2.75, 3.05) is 5.32 Å². The molecule has 0 aromatic carbocycles. The first kappa shape index (κ1) is 10.0. The molecule has 3 aromatic rings. The van der Waals surface area contributed by atoms with Gasteiger partial charge >= 0.3 is 0 Å². The summed E-state index contributed by atoms with van der Waals surface area (Å²) in [7, 11) is 0. The number of anilines is 1. The lowest BCUT2D eigenvalue weighted by molar-refractivity contribution is 0.916. The number of aromatic amines is 1. The minimum Gasteiger partial charge on any atom is -0.346 e. The fraction of sp³-hybridized carbons (Fsp3) is 0.111. The van der Waals surface area contributed by atoms with E-state index in [0.29, 0.717) is 17.5 Å². The monoisotopic (exact) mass is 249 g/mol. The van der Waals surface area contributed by atoms with Crippen molar-refractivity contribution in [1.29, 1.82) is 0 Å². The molecule has 3 rings (SSSR count). The number of fused-ring (bicyclic) bond motifs is 1. The Morgan fingerprint density at radius 1 is 1.41 bits per heavy atom. The molecule has 2 N–H and O–H groups in total. The van der Waals surface area contributed by atoms with Crippen molar-refractivity contribution in [2.24, 2.45) is 0 Å². The second-order valence-electron chi connectivity index (χ2n) is 3.37. The number of nitrogens with zero attached hydrogens (tertiary/aromatic N) is 5. The summed E-state index contributed by atoms with van der Waals surface area (Å²) >= 11 is 5.85. The van der Waals surface area contributed by atoms with Gasteiger partial charge in [0.1, 0.15) is 12.2 Å². The van der Waals surface area contributed by atoms with E-state index in [1.165, 1.54) is 6.33 Å². The summed E-state index contributed by atoms with van der Waals surface area (Å²) in [6.45, 7) is 0.491. The van der Waals surface area contributed by atoms with Crippen LogP contribution in [0.15, 0.2) is 24.7 Å². The van der Waals surface area contributed by atoms with E-state index < -0.39 is 0 Å². The lowest BCUT2D eigenvalue weighted by atomic mass is 10.5. The van der Waals surface area contributed by atoms with Gasteiger partial charge in [-0.15, -0.1) is 5.10 Å². The summed E-state index contributed by atoms with van der Waals surface area (Å²) in [5.74, 6) is 1.24. The van der Waals surface area contributed by atoms with Crippen molar-refractivity contribution in [3.8, 4) is 0 Å². The van der Waals surface area contributed by atoms with Crippen LogP contribution in [-0.4, -0.2) is 29.8 Å². The van der Waals surface area contributed by atoms with Crippen LogP contribution < -0.4 is 5.32 Å². The van der Waals surface area contributed by atoms with E-state index in [2.05, 4.69) is 30.6 Å². The van der Waals surface area contributed by atoms with Crippen LogP contribution in [0.25, 0.3) is 5.65 Å². The number of hydrogen-bond donors (Lipinski definition) is 2. The highest BCUT2D eigenvalue weighted by Crippen LogP contribution is 2.11. The van der Waals surface area contributed by atoms with Gasteiger partial charge in [0, 0.05) is 6.20 Å². The van der Waals surface area contributed by atoms with Gasteiger partial charge in [0.25, 0.3) is 0 Å². The summed E-state index contributed by atoms with van der Waals surface area (Å²) in [5.41, 5.74) is 0.731. The van der Waals surface area contributed by atoms with Gasteiger partial charge in [-0.2, -0.15) is 10.1 Å². The highest BCUT2D eigenvalue weighted by molar-refractivity contribution is 6.30. The zero-order valence-electron chi connectivity index (χ0n) is 8.63. The van der Waals surface area contributed by atoms with Crippen LogP contribution in [0.1, 0.15) is 5.82 Å². The Labute approximate surface area is 101 Å². The quantitative estimate of drug-likeness (QED) is 0.727. The van der Waals surface area contributed by atoms with E-state index in [9.17, 15) is 0 Å². The summed E-state index contributed by atoms with van der Waals surface area (Å²) in [6, 6.07) is 3.57. The van der Waals surface area contributed by atoms with Crippen LogP contribution in [-0.2, 0) is 6.54 Å². The Bertz CT molecular complexity index is 630. The van der Waals surface area contributed by atoms with Crippen LogP contribution in [0.5, 0.6) is 0 Å². The normalized spacial score (nSPS) is 10.9. The molecule has 3 aromatic heterocycles. The summed E-state index contributed by atoms with van der Waals surface area (Å²) < 4.78 is 1.62. The van der Waals surface area contributed by atoms with Gasteiger partial charge in [0.2, 0.25) is 5.95 Å². The third-order valence-corrected chi connectivity index (χ3v) is 2.40. The van der Waals surface area contributed by atoms with E-state index in [1.807, 2.05) is 0 Å². The minimum absolute atomic E-state index is 0.491. The van der Waals surface area contributed by atoms with Crippen LogP contribution in [0.4, 0.5) is 5.95 Å². The predicted octanol–water partition coefficient (Wildman–Crippen LogP) is 1.11. The molecule has 7 nitrogen and oxygen atoms in total. The zero-order chi connectivity index (χ0) is 11.7. The molecule has 0 saturated carbocycles. The molecule has 0 aliphatic heterocycles. The largest absolute Gasteiger partial charge is 0.346 e. The van der Waals surface area contributed by atoms with Gasteiger partial charge in [-0.25, -0.2) is 9.50 Å². The fourth-order valence-corrected chi connectivity index (χ4v) is 1.57. The van der Waals surface area contributed by atoms with Gasteiger partial charge < -0.3 is 5.32 Å². The van der Waals surface area contributed by atoms with E-state index >= 15 is 0 Å². The maximum absolute atomic E-state index is 5.85. The molecule has 3 heterocycles. The van der Waals surface area contributed by atoms with Crippen molar-refractivity contribution in [2.45, 2.75) is 6.54 Å². The highest BCUT2D eigenvalue weighted by atomic mass is 35.5. The summed E-state index contributed by atoms with van der Waals surface area (Å²) in [6.07, 6.45) is 3.15. The second-order valence-corrected chi connectivity index (χ2v) is 3.81. The topological polar surface area (TPSA) is 83.8 Å². The molecule has 17 heavy (non-hydrogen) atoms. The summed E-state index contributed by atoms with van der Waals surface area (Å²) in [4.78, 5) is 8.26. The number of halogens is 1. The van der Waals surface area contributed by atoms with Gasteiger partial charge in [-0.3, -0.25) is 5.10 Å². The first-order valence-electron chi connectivity index (χ1n) is 4.91. The molecular weight excluding hydrogens is 242 g/mol. The lowest BCUT2D eigenvalue weighted by Gasteiger charge is -1.95. The fourth-order valence-electron chi connectivity index (χ4n) is 1.41. The molecule has 8 heteroatoms. The number of nitrogens with one attached hydrogen (secondary N) is 2. The Hall–Kier alpha value is -2.15. The lowest BCUT2D eigenvalue weighted by Crippen LogP contribution is -2.02. The summed E-state index contributed by atoms with van der Waals surface area (Å²) in [5, 5.41) is 14.4. The third-order valence-electron chi connectivity index (χ3n) is 2.17. The molecule has 0 spiro atoms. The maximum atomic E-state index is 5.85. The Kier molecular flexibility index (Phi) is 2.37. The minimum atomic E-state index is 0.491. The van der Waals surface area contributed by atoms with E-state index in [4.69, 9.17) is 11.6 Å². The van der Waals surface area contributed by atoms with Crippen molar-refractivity contribution >= 4 is 23.2 Å². The van der Waals surface area contributed by atoms with Crippen LogP contribution in [0.3, 0.4) is 0 Å². The van der Waals surface area contributed by atoms with Crippen molar-refractivity contribution < 1.29 is 0 Å². The zero-order valence-corrected chi connectivity index (χ0v) is 9.39. The van der Waals surface area contributed by atoms with Crippen LogP contribution in [0, 0.1) is 0 Å².